The van der Waals surface area contributed by atoms with Gasteiger partial charge in [-0.1, -0.05) is 113 Å². The minimum Gasteiger partial charge on any atom is -0.463 e. The third-order valence-electron chi connectivity index (χ3n) is 10.6. The number of rotatable bonds is 27. The molecule has 58 heavy (non-hydrogen) atoms. The van der Waals surface area contributed by atoms with Crippen LogP contribution >= 0.6 is 0 Å². The van der Waals surface area contributed by atoms with Gasteiger partial charge in [0.25, 0.3) is 11.8 Å². The van der Waals surface area contributed by atoms with Gasteiger partial charge in [0.15, 0.2) is 6.10 Å². The van der Waals surface area contributed by atoms with Gasteiger partial charge in [-0.2, -0.15) is 4.57 Å². The Hall–Kier alpha value is -5.04. The highest BCUT2D eigenvalue weighted by atomic mass is 16.7. The number of hydrogen-bond donors (Lipinski definition) is 3. The molecule has 13 nitrogen and oxygen atoms in total. The molecule has 0 aliphatic carbocycles. The largest absolute Gasteiger partial charge is 0.503 e. The fraction of sp³-hybridized carbons (Fsp3) is 0.556. The Morgan fingerprint density at radius 2 is 1.12 bits per heavy atom. The van der Waals surface area contributed by atoms with Crippen LogP contribution in [0.3, 0.4) is 0 Å². The summed E-state index contributed by atoms with van der Waals surface area (Å²) in [4.78, 5) is 54.2. The number of anilines is 1. The number of aromatic nitrogens is 2. The van der Waals surface area contributed by atoms with Crippen LogP contribution in [0.15, 0.2) is 72.9 Å². The van der Waals surface area contributed by atoms with E-state index in [0.717, 1.165) is 96.3 Å². The van der Waals surface area contributed by atoms with Crippen LogP contribution in [0, 0.1) is 0 Å². The van der Waals surface area contributed by atoms with E-state index in [0.29, 0.717) is 42.9 Å². The number of amides is 2. The number of fused-ring (bicyclic) bond motifs is 3. The van der Waals surface area contributed by atoms with Crippen LogP contribution in [-0.2, 0) is 23.8 Å². The van der Waals surface area contributed by atoms with Gasteiger partial charge in [-0.3, -0.25) is 19.2 Å². The maximum atomic E-state index is 13.0. The first-order chi connectivity index (χ1) is 28.4. The quantitative estimate of drug-likeness (QED) is 0.0417. The lowest BCUT2D eigenvalue weighted by Crippen LogP contribution is -2.41. The summed E-state index contributed by atoms with van der Waals surface area (Å²) in [6.45, 7) is 1.31. The van der Waals surface area contributed by atoms with Gasteiger partial charge in [-0.15, -0.1) is 0 Å². The third-order valence-corrected chi connectivity index (χ3v) is 10.6. The van der Waals surface area contributed by atoms with Crippen molar-refractivity contribution in [3.05, 3.63) is 84.1 Å². The van der Waals surface area contributed by atoms with Crippen LogP contribution < -0.4 is 25.7 Å². The normalized spacial score (nSPS) is 17.8. The van der Waals surface area contributed by atoms with Crippen molar-refractivity contribution in [3.63, 3.8) is 0 Å². The second-order valence-electron chi connectivity index (χ2n) is 15.2. The summed E-state index contributed by atoms with van der Waals surface area (Å²) >= 11 is 0. The Kier molecular flexibility index (Phi) is 18.7. The van der Waals surface area contributed by atoms with Gasteiger partial charge in [0, 0.05) is 48.1 Å². The highest BCUT2D eigenvalue weighted by molar-refractivity contribution is 5.94. The van der Waals surface area contributed by atoms with E-state index in [1.807, 2.05) is 60.7 Å². The van der Waals surface area contributed by atoms with Gasteiger partial charge in [0.1, 0.15) is 18.9 Å². The summed E-state index contributed by atoms with van der Waals surface area (Å²) in [6, 6.07) is 20.4. The summed E-state index contributed by atoms with van der Waals surface area (Å²) in [5, 5.41) is 5.95. The van der Waals surface area contributed by atoms with Crippen molar-refractivity contribution in [2.75, 3.05) is 25.4 Å². The first-order valence-electron chi connectivity index (χ1n) is 21.4. The standard InChI is InChI=1S/C45H61N5O8/c46-37-29-32-50-44-41(58-45(50)49-37)40(57-39(52)28-20-10-6-2-4-8-12-22-31-48-43(54)35-25-17-14-18-26-35)36(56-44)33-55-38(51)27-19-9-5-1-3-7-11-21-30-47-42(53)34-23-15-13-16-24-34/h13-18,23-26,29,32,36,40-41,44,46H,1-12,19-22,27-28,30-31,33H2,(H2,47,48,53,54)/p+1/t36-,40-,41-,44-/m1/s1. The number of esters is 2. The molecule has 2 aromatic carbocycles. The number of nitrogens with zero attached hydrogens (tertiary/aromatic N) is 2. The molecule has 0 unspecified atom stereocenters. The molecule has 0 spiro atoms. The second-order valence-corrected chi connectivity index (χ2v) is 15.2. The summed E-state index contributed by atoms with van der Waals surface area (Å²) in [5.41, 5.74) is 7.24. The molecule has 5 rings (SSSR count). The van der Waals surface area contributed by atoms with Crippen LogP contribution in [0.4, 0.5) is 5.82 Å². The van der Waals surface area contributed by atoms with Crippen molar-refractivity contribution in [2.24, 2.45) is 0 Å². The van der Waals surface area contributed by atoms with Crippen molar-refractivity contribution in [3.8, 4) is 6.01 Å². The van der Waals surface area contributed by atoms with Crippen LogP contribution in [0.5, 0.6) is 6.01 Å². The smallest absolute Gasteiger partial charge is 0.463 e. The molecule has 1 fully saturated rings. The highest BCUT2D eigenvalue weighted by Crippen LogP contribution is 2.36. The first kappa shape index (κ1) is 44.1. The van der Waals surface area contributed by atoms with Gasteiger partial charge in [-0.05, 0) is 49.9 Å². The average Bonchev–Trinajstić information content (AvgIpc) is 3.76. The molecule has 2 aliphatic heterocycles. The summed E-state index contributed by atoms with van der Waals surface area (Å²) < 4.78 is 25.6. The molecule has 2 aliphatic rings. The fourth-order valence-electron chi connectivity index (χ4n) is 7.32. The Morgan fingerprint density at radius 3 is 1.66 bits per heavy atom. The lowest BCUT2D eigenvalue weighted by atomic mass is 10.1. The van der Waals surface area contributed by atoms with Crippen LogP contribution in [0.1, 0.15) is 143 Å². The van der Waals surface area contributed by atoms with E-state index in [2.05, 4.69) is 15.6 Å². The van der Waals surface area contributed by atoms with Crippen molar-refractivity contribution in [1.29, 1.82) is 0 Å². The monoisotopic (exact) mass is 800 g/mol. The zero-order valence-electron chi connectivity index (χ0n) is 33.8. The third kappa shape index (κ3) is 14.7. The zero-order valence-corrected chi connectivity index (χ0v) is 33.8. The zero-order chi connectivity index (χ0) is 40.8. The number of benzene rings is 2. The fourth-order valence-corrected chi connectivity index (χ4v) is 7.32. The predicted molar refractivity (Wildman–Crippen MR) is 219 cm³/mol. The number of carbonyl (C=O) groups excluding carboxylic acids is 4. The Balaban J connectivity index is 0.907. The number of nitrogen functional groups attached to an aromatic ring is 1. The predicted octanol–water partition coefficient (Wildman–Crippen LogP) is 6.95. The van der Waals surface area contributed by atoms with Gasteiger partial charge >= 0.3 is 17.9 Å². The Bertz CT molecular complexity index is 1710. The summed E-state index contributed by atoms with van der Waals surface area (Å²) in [6.07, 6.45) is 15.8. The molecule has 314 valence electrons. The van der Waals surface area contributed by atoms with Crippen LogP contribution in [0.25, 0.3) is 0 Å². The molecule has 2 amide bonds. The van der Waals surface area contributed by atoms with Crippen molar-refractivity contribution >= 4 is 29.6 Å². The van der Waals surface area contributed by atoms with Gasteiger partial charge in [-0.25, -0.2) is 0 Å². The lowest BCUT2D eigenvalue weighted by Gasteiger charge is -2.21. The molecule has 0 saturated carbocycles. The number of hydrogen-bond acceptors (Lipinski definition) is 10. The van der Waals surface area contributed by atoms with Crippen molar-refractivity contribution < 1.29 is 42.7 Å². The van der Waals surface area contributed by atoms with E-state index in [-0.39, 0.29) is 42.8 Å². The molecule has 1 saturated heterocycles. The van der Waals surface area contributed by atoms with E-state index >= 15 is 0 Å². The number of unbranched alkanes of at least 4 members (excludes halogenated alkanes) is 14. The molecule has 4 N–H and O–H groups in total. The molecular formula is C45H62N5O8+. The van der Waals surface area contributed by atoms with Gasteiger partial charge in [0.05, 0.1) is 0 Å². The molecule has 13 heteroatoms. The molecule has 4 atom stereocenters. The van der Waals surface area contributed by atoms with E-state index in [4.69, 9.17) is 24.7 Å². The number of nitrogens with one attached hydrogen (secondary N) is 2. The lowest BCUT2D eigenvalue weighted by molar-refractivity contribution is -0.746. The average molecular weight is 801 g/mol. The minimum atomic E-state index is -0.772. The van der Waals surface area contributed by atoms with E-state index in [1.54, 1.807) is 16.8 Å². The van der Waals surface area contributed by atoms with Gasteiger partial charge < -0.3 is 35.3 Å². The van der Waals surface area contributed by atoms with E-state index in [1.165, 1.54) is 0 Å². The Morgan fingerprint density at radius 1 is 0.638 bits per heavy atom. The van der Waals surface area contributed by atoms with E-state index in [9.17, 15) is 19.2 Å². The molecule has 0 radical (unpaired) electrons. The number of carbonyl (C=O) groups is 4. The second kappa shape index (κ2) is 24.7. The maximum Gasteiger partial charge on any atom is 0.503 e. The molecule has 1 aromatic heterocycles. The number of ether oxygens (including phenoxy) is 4. The SMILES string of the molecule is Nc1cc[n+]2c(n1)O[C@@H]1[C@H](OC(=O)CCCCCCCCCCNC(=O)c3ccccc3)[C@@H](COC(=O)CCCCCCCCCCNC(=O)c3ccccc3)O[C@H]12. The molecule has 0 bridgehead atoms. The van der Waals surface area contributed by atoms with Crippen molar-refractivity contribution in [1.82, 2.24) is 15.6 Å². The van der Waals surface area contributed by atoms with E-state index < -0.39 is 24.5 Å². The first-order valence-corrected chi connectivity index (χ1v) is 21.4. The van der Waals surface area contributed by atoms with Crippen LogP contribution in [0.2, 0.25) is 0 Å². The van der Waals surface area contributed by atoms with Crippen LogP contribution in [-0.4, -0.2) is 66.7 Å². The maximum absolute atomic E-state index is 13.0. The van der Waals surface area contributed by atoms with Crippen molar-refractivity contribution in [2.45, 2.75) is 140 Å². The Labute approximate surface area is 342 Å². The topological polar surface area (TPSA) is 172 Å². The molecular weight excluding hydrogens is 739 g/mol. The number of nitrogens with two attached hydrogens (primary N) is 1. The summed E-state index contributed by atoms with van der Waals surface area (Å²) in [7, 11) is 0. The highest BCUT2D eigenvalue weighted by Gasteiger charge is 2.58. The summed E-state index contributed by atoms with van der Waals surface area (Å²) in [5.74, 6) is -0.396. The molecule has 3 aromatic rings. The molecule has 3 heterocycles. The van der Waals surface area contributed by atoms with Gasteiger partial charge in [0.2, 0.25) is 18.1 Å². The minimum absolute atomic E-state index is 0.0279.